The molecule has 0 spiro atoms. The molecule has 4 atom stereocenters. The van der Waals surface area contributed by atoms with Gasteiger partial charge in [-0.05, 0) is 35.4 Å². The van der Waals surface area contributed by atoms with Gasteiger partial charge in [-0.2, -0.15) is 0 Å². The Morgan fingerprint density at radius 1 is 0.526 bits per heavy atom. The average molecular weight is 608 g/mol. The normalized spacial score (nSPS) is 14.4. The molecule has 3 aromatic rings. The van der Waals surface area contributed by atoms with Gasteiger partial charge in [-0.25, -0.2) is 0 Å². The van der Waals surface area contributed by atoms with Gasteiger partial charge in [0.15, 0.2) is 0 Å². The van der Waals surface area contributed by atoms with Gasteiger partial charge in [0.25, 0.3) is 0 Å². The summed E-state index contributed by atoms with van der Waals surface area (Å²) >= 11 is 26.3. The summed E-state index contributed by atoms with van der Waals surface area (Å²) in [6.07, 6.45) is 0. The molecule has 0 amide bonds. The van der Waals surface area contributed by atoms with Crippen LogP contribution in [0.3, 0.4) is 0 Å². The third kappa shape index (κ3) is 6.63. The molecular weight excluding hydrogens is 590 g/mol. The molecule has 0 radical (unpaired) electrons. The topological polar surface area (TPSA) is 186 Å². The van der Waals surface area contributed by atoms with Crippen molar-refractivity contribution in [1.82, 2.24) is 0 Å². The highest BCUT2D eigenvalue weighted by molar-refractivity contribution is 6.31. The summed E-state index contributed by atoms with van der Waals surface area (Å²) in [6.45, 7) is 0. The van der Waals surface area contributed by atoms with Crippen LogP contribution >= 0.6 is 46.4 Å². The van der Waals surface area contributed by atoms with Crippen LogP contribution in [0.5, 0.6) is 0 Å². The van der Waals surface area contributed by atoms with Crippen LogP contribution in [-0.4, -0.2) is 20.8 Å². The van der Waals surface area contributed by atoms with Crippen LogP contribution in [0, 0.1) is 20.8 Å². The highest BCUT2D eigenvalue weighted by Gasteiger charge is 2.28. The van der Waals surface area contributed by atoms with E-state index in [1.165, 1.54) is 12.1 Å². The summed E-state index contributed by atoms with van der Waals surface area (Å²) in [5, 5.41) is 76.3. The zero-order chi connectivity index (χ0) is 28.3. The van der Waals surface area contributed by atoms with E-state index in [9.17, 15) is 41.7 Å². The Kier molecular flexibility index (Phi) is 10.1. The molecule has 0 saturated carbocycles. The average Bonchev–Trinajstić information content (AvgIpc) is 2.90. The van der Waals surface area contributed by atoms with E-state index < -0.39 is 43.3 Å². The van der Waals surface area contributed by atoms with Crippen LogP contribution in [0.4, 0.5) is 22.7 Å². The maximum Gasteiger partial charge on any atom is 0.101 e. The molecule has 4 unspecified atom stereocenters. The Bertz CT molecular complexity index is 1160. The first-order chi connectivity index (χ1) is 17.8. The van der Waals surface area contributed by atoms with Crippen molar-refractivity contribution in [3.63, 3.8) is 0 Å². The van der Waals surface area contributed by atoms with E-state index in [-0.39, 0.29) is 33.0 Å². The molecule has 0 heterocycles. The Hall–Kier alpha value is -2.30. The lowest BCUT2D eigenvalue weighted by Gasteiger charge is -2.38. The lowest BCUT2D eigenvalue weighted by atomic mass is 9.96. The Labute approximate surface area is 235 Å². The zero-order valence-electron chi connectivity index (χ0n) is 18.8. The number of rotatable bonds is 10. The zero-order valence-corrected chi connectivity index (χ0v) is 21.8. The summed E-state index contributed by atoms with van der Waals surface area (Å²) in [4.78, 5) is 0. The number of halogens is 4. The molecule has 16 heteroatoms. The minimum absolute atomic E-state index is 0.0896. The number of hydrogen-bond donors (Lipinski definition) is 4. The van der Waals surface area contributed by atoms with Gasteiger partial charge in [0, 0.05) is 22.5 Å². The van der Waals surface area contributed by atoms with Crippen LogP contribution in [-0.2, 0) is 0 Å². The van der Waals surface area contributed by atoms with E-state index in [1.54, 1.807) is 24.3 Å². The third-order valence-electron chi connectivity index (χ3n) is 5.54. The number of hydrogen-bond acceptors (Lipinski definition) is 12. The summed E-state index contributed by atoms with van der Waals surface area (Å²) in [6, 6.07) is 13.0. The quantitative estimate of drug-likeness (QED) is 0.137. The minimum Gasteiger partial charge on any atom is -0.769 e. The first kappa shape index (κ1) is 30.2. The molecule has 0 aromatic heterocycles. The largest absolute Gasteiger partial charge is 0.769 e. The maximum atomic E-state index is 11.1. The molecule has 0 saturated heterocycles. The van der Waals surface area contributed by atoms with Crippen LogP contribution in [0.2, 0.25) is 0 Å². The Morgan fingerprint density at radius 2 is 0.895 bits per heavy atom. The first-order valence-corrected chi connectivity index (χ1v) is 12.2. The molecule has 0 aliphatic rings. The van der Waals surface area contributed by atoms with Gasteiger partial charge < -0.3 is 31.3 Å². The lowest BCUT2D eigenvalue weighted by Crippen LogP contribution is -2.16. The van der Waals surface area contributed by atoms with Crippen LogP contribution in [0.15, 0.2) is 60.7 Å². The van der Waals surface area contributed by atoms with Crippen LogP contribution < -0.4 is 20.9 Å². The summed E-state index contributed by atoms with van der Waals surface area (Å²) in [5.41, 5.74) is -0.455. The Morgan fingerprint density at radius 3 is 1.21 bits per heavy atom. The second-order valence-corrected chi connectivity index (χ2v) is 9.74. The fraction of sp³-hybridized carbons (Fsp3) is 0.182. The van der Waals surface area contributed by atoms with E-state index >= 15 is 0 Å². The molecule has 0 aliphatic carbocycles. The fourth-order valence-corrected chi connectivity index (χ4v) is 4.86. The summed E-state index contributed by atoms with van der Waals surface area (Å²) in [5.74, 6) is 0. The van der Waals surface area contributed by atoms with Crippen molar-refractivity contribution in [1.29, 1.82) is 0 Å². The Balaban J connectivity index is 1.91. The van der Waals surface area contributed by atoms with Gasteiger partial charge in [-0.15, -0.1) is 56.9 Å². The molecule has 0 aliphatic heterocycles. The second-order valence-electron chi connectivity index (χ2n) is 7.86. The maximum absolute atomic E-state index is 11.1. The second kappa shape index (κ2) is 12.7. The molecule has 12 nitrogen and oxygen atoms in total. The van der Waals surface area contributed by atoms with Crippen LogP contribution in [0.25, 0.3) is 0 Å². The number of benzene rings is 3. The number of alkyl halides is 4. The van der Waals surface area contributed by atoms with Crippen molar-refractivity contribution in [3.05, 3.63) is 104 Å². The predicted molar refractivity (Wildman–Crippen MR) is 144 cm³/mol. The SMILES string of the molecule is [O-]N([O-])c1ccc(C(Cl)C(Cl)c2cccc(C(Cl)C(Cl)c3ccc(N([O-])[O-])cc3N(O)O)c2)c(N(O)O)c1. The standard InChI is InChI=1S/C22H18Cl4N4O8/c23-19(21(25)15-6-4-13(27(31)32)9-17(15)29(35)36)11-2-1-3-12(8-11)20(24)22(26)16-7-5-14(28(33)34)10-18(16)30(37)38/h1-10,19-22,35-38H/q-4. The third-order valence-corrected chi connectivity index (χ3v) is 7.78. The molecular formula is C22H18Cl4N4O8-4. The van der Waals surface area contributed by atoms with E-state index in [1.807, 2.05) is 0 Å². The van der Waals surface area contributed by atoms with Crippen molar-refractivity contribution in [2.45, 2.75) is 21.5 Å². The van der Waals surface area contributed by atoms with E-state index in [4.69, 9.17) is 46.4 Å². The summed E-state index contributed by atoms with van der Waals surface area (Å²) < 4.78 is 0. The van der Waals surface area contributed by atoms with E-state index in [0.717, 1.165) is 24.3 Å². The van der Waals surface area contributed by atoms with Crippen molar-refractivity contribution in [2.75, 3.05) is 20.9 Å². The predicted octanol–water partition coefficient (Wildman–Crippen LogP) is 6.98. The van der Waals surface area contributed by atoms with Gasteiger partial charge in [0.1, 0.15) is 11.4 Å². The van der Waals surface area contributed by atoms with Gasteiger partial charge >= 0.3 is 0 Å². The molecule has 4 N–H and O–H groups in total. The first-order valence-electron chi connectivity index (χ1n) is 10.4. The highest BCUT2D eigenvalue weighted by Crippen LogP contribution is 2.47. The van der Waals surface area contributed by atoms with Crippen molar-refractivity contribution < 1.29 is 20.8 Å². The molecule has 0 fully saturated rings. The fourth-order valence-electron chi connectivity index (χ4n) is 3.66. The highest BCUT2D eigenvalue weighted by atomic mass is 35.5. The van der Waals surface area contributed by atoms with E-state index in [2.05, 4.69) is 0 Å². The van der Waals surface area contributed by atoms with Crippen molar-refractivity contribution in [2.24, 2.45) is 0 Å². The van der Waals surface area contributed by atoms with Gasteiger partial charge in [0.05, 0.1) is 21.5 Å². The van der Waals surface area contributed by atoms with E-state index in [0.29, 0.717) is 11.1 Å². The van der Waals surface area contributed by atoms with Crippen molar-refractivity contribution >= 4 is 69.2 Å². The van der Waals surface area contributed by atoms with Crippen LogP contribution in [0.1, 0.15) is 43.8 Å². The van der Waals surface area contributed by atoms with Gasteiger partial charge in [0.2, 0.25) is 0 Å². The van der Waals surface area contributed by atoms with Gasteiger partial charge in [-0.1, -0.05) is 36.4 Å². The number of anilines is 4. The number of nitrogens with zero attached hydrogens (tertiary/aromatic N) is 4. The molecule has 206 valence electrons. The monoisotopic (exact) mass is 606 g/mol. The molecule has 0 bridgehead atoms. The molecule has 3 rings (SSSR count). The molecule has 38 heavy (non-hydrogen) atoms. The minimum atomic E-state index is -1.09. The summed E-state index contributed by atoms with van der Waals surface area (Å²) in [7, 11) is 0. The smallest absolute Gasteiger partial charge is 0.101 e. The van der Waals surface area contributed by atoms with Gasteiger partial charge in [-0.3, -0.25) is 20.8 Å². The lowest BCUT2D eigenvalue weighted by molar-refractivity contribution is 0.0280. The van der Waals surface area contributed by atoms with Crippen molar-refractivity contribution in [3.8, 4) is 0 Å². The molecule has 3 aromatic carbocycles.